The lowest BCUT2D eigenvalue weighted by atomic mass is 9.97. The second-order valence-corrected chi connectivity index (χ2v) is 7.26. The highest BCUT2D eigenvalue weighted by molar-refractivity contribution is 14.0. The molecule has 6 heteroatoms. The highest BCUT2D eigenvalue weighted by Crippen LogP contribution is 2.19. The predicted molar refractivity (Wildman–Crippen MR) is 126 cm³/mol. The van der Waals surface area contributed by atoms with Gasteiger partial charge in [0.2, 0.25) is 0 Å². The number of benzene rings is 1. The fourth-order valence-electron chi connectivity index (χ4n) is 3.65. The number of halogens is 1. The standard InChI is InChI=1S/C22H32N4O.HI/c1-3-23-22(24-13-11-21-10-7-15-27-21)25-20-12-14-26(18(2)16-20)17-19-8-5-4-6-9-19;/h4-10,15,18,20H,3,11-14,16-17H2,1-2H3,(H2,23,24,25);1H. The molecule has 1 aliphatic rings. The fraction of sp³-hybridized carbons (Fsp3) is 0.500. The van der Waals surface area contributed by atoms with Crippen molar-refractivity contribution in [3.05, 3.63) is 60.1 Å². The van der Waals surface area contributed by atoms with Crippen molar-refractivity contribution in [2.75, 3.05) is 19.6 Å². The molecule has 2 unspecified atom stereocenters. The van der Waals surface area contributed by atoms with E-state index in [1.807, 2.05) is 12.1 Å². The van der Waals surface area contributed by atoms with Crippen molar-refractivity contribution in [3.63, 3.8) is 0 Å². The van der Waals surface area contributed by atoms with Crippen molar-refractivity contribution in [1.29, 1.82) is 0 Å². The van der Waals surface area contributed by atoms with Crippen LogP contribution in [-0.2, 0) is 13.0 Å². The first kappa shape index (κ1) is 22.7. The molecule has 28 heavy (non-hydrogen) atoms. The zero-order chi connectivity index (χ0) is 18.9. The Morgan fingerprint density at radius 1 is 1.21 bits per heavy atom. The van der Waals surface area contributed by atoms with E-state index >= 15 is 0 Å². The molecule has 2 N–H and O–H groups in total. The summed E-state index contributed by atoms with van der Waals surface area (Å²) in [7, 11) is 0. The normalized spacial score (nSPS) is 20.4. The van der Waals surface area contributed by atoms with Gasteiger partial charge in [-0.25, -0.2) is 0 Å². The van der Waals surface area contributed by atoms with Gasteiger partial charge >= 0.3 is 0 Å². The molecule has 1 aromatic heterocycles. The summed E-state index contributed by atoms with van der Waals surface area (Å²) in [5.74, 6) is 1.90. The van der Waals surface area contributed by atoms with Crippen molar-refractivity contribution < 1.29 is 4.42 Å². The fourth-order valence-corrected chi connectivity index (χ4v) is 3.65. The topological polar surface area (TPSA) is 52.8 Å². The molecule has 2 atom stereocenters. The Balaban J connectivity index is 0.00000280. The first-order valence-electron chi connectivity index (χ1n) is 10.1. The SMILES string of the molecule is CCNC(=NCCc1ccco1)NC1CCN(Cc2ccccc2)C(C)C1.I. The quantitative estimate of drug-likeness (QED) is 0.345. The van der Waals surface area contributed by atoms with Crippen LogP contribution in [0.2, 0.25) is 0 Å². The van der Waals surface area contributed by atoms with Gasteiger partial charge in [-0.1, -0.05) is 30.3 Å². The zero-order valence-electron chi connectivity index (χ0n) is 16.9. The summed E-state index contributed by atoms with van der Waals surface area (Å²) in [6.07, 6.45) is 4.82. The molecule has 1 aliphatic heterocycles. The van der Waals surface area contributed by atoms with E-state index in [0.29, 0.717) is 12.1 Å². The van der Waals surface area contributed by atoms with Gasteiger partial charge in [-0.3, -0.25) is 9.89 Å². The summed E-state index contributed by atoms with van der Waals surface area (Å²) < 4.78 is 5.38. The number of furan rings is 1. The summed E-state index contributed by atoms with van der Waals surface area (Å²) in [6, 6.07) is 15.7. The molecule has 2 aromatic rings. The molecule has 0 amide bonds. The van der Waals surface area contributed by atoms with Crippen LogP contribution in [0.4, 0.5) is 0 Å². The number of nitrogens with zero attached hydrogens (tertiary/aromatic N) is 2. The molecule has 0 spiro atoms. The molecule has 0 radical (unpaired) electrons. The Kier molecular flexibility index (Phi) is 9.84. The lowest BCUT2D eigenvalue weighted by molar-refractivity contribution is 0.134. The monoisotopic (exact) mass is 496 g/mol. The maximum atomic E-state index is 5.38. The van der Waals surface area contributed by atoms with Gasteiger partial charge in [-0.2, -0.15) is 0 Å². The number of hydrogen-bond acceptors (Lipinski definition) is 3. The van der Waals surface area contributed by atoms with Crippen LogP contribution < -0.4 is 10.6 Å². The molecule has 154 valence electrons. The van der Waals surface area contributed by atoms with E-state index in [4.69, 9.17) is 9.41 Å². The van der Waals surface area contributed by atoms with Crippen LogP contribution >= 0.6 is 24.0 Å². The van der Waals surface area contributed by atoms with Gasteiger partial charge in [0.1, 0.15) is 5.76 Å². The van der Waals surface area contributed by atoms with Crippen LogP contribution in [0.1, 0.15) is 38.0 Å². The maximum Gasteiger partial charge on any atom is 0.191 e. The molecule has 2 heterocycles. The third-order valence-corrected chi connectivity index (χ3v) is 5.14. The lowest BCUT2D eigenvalue weighted by Gasteiger charge is -2.38. The zero-order valence-corrected chi connectivity index (χ0v) is 19.3. The molecule has 0 aliphatic carbocycles. The van der Waals surface area contributed by atoms with E-state index in [9.17, 15) is 0 Å². The second kappa shape index (κ2) is 12.1. The molecule has 0 saturated carbocycles. The summed E-state index contributed by atoms with van der Waals surface area (Å²) in [5.41, 5.74) is 1.39. The Hall–Kier alpha value is -1.54. The summed E-state index contributed by atoms with van der Waals surface area (Å²) >= 11 is 0. The Labute approximate surface area is 186 Å². The minimum absolute atomic E-state index is 0. The maximum absolute atomic E-state index is 5.38. The van der Waals surface area contributed by atoms with Crippen LogP contribution in [0.25, 0.3) is 0 Å². The largest absolute Gasteiger partial charge is 0.469 e. The molecule has 5 nitrogen and oxygen atoms in total. The van der Waals surface area contributed by atoms with Gasteiger partial charge in [0, 0.05) is 44.7 Å². The first-order valence-corrected chi connectivity index (χ1v) is 10.1. The summed E-state index contributed by atoms with van der Waals surface area (Å²) in [5, 5.41) is 7.00. The van der Waals surface area contributed by atoms with Crippen molar-refractivity contribution in [1.82, 2.24) is 15.5 Å². The van der Waals surface area contributed by atoms with Gasteiger partial charge in [0.25, 0.3) is 0 Å². The third kappa shape index (κ3) is 7.13. The number of guanidine groups is 1. The smallest absolute Gasteiger partial charge is 0.191 e. The molecule has 1 fully saturated rings. The number of rotatable bonds is 7. The average Bonchev–Trinajstić information content (AvgIpc) is 3.18. The second-order valence-electron chi connectivity index (χ2n) is 7.26. The molecule has 1 saturated heterocycles. The van der Waals surface area contributed by atoms with Gasteiger partial charge in [-0.05, 0) is 44.4 Å². The van der Waals surface area contributed by atoms with Crippen molar-refractivity contribution >= 4 is 29.9 Å². The van der Waals surface area contributed by atoms with E-state index in [1.54, 1.807) is 6.26 Å². The number of likely N-dealkylation sites (tertiary alicyclic amines) is 1. The van der Waals surface area contributed by atoms with Crippen molar-refractivity contribution in [2.24, 2.45) is 4.99 Å². The number of aliphatic imine (C=N–C) groups is 1. The van der Waals surface area contributed by atoms with Gasteiger partial charge < -0.3 is 15.1 Å². The minimum atomic E-state index is 0. The van der Waals surface area contributed by atoms with E-state index in [1.165, 1.54) is 5.56 Å². The molecule has 0 bridgehead atoms. The van der Waals surface area contributed by atoms with Crippen molar-refractivity contribution in [2.45, 2.75) is 51.7 Å². The molecule has 1 aromatic carbocycles. The van der Waals surface area contributed by atoms with Gasteiger partial charge in [0.05, 0.1) is 6.26 Å². The highest BCUT2D eigenvalue weighted by Gasteiger charge is 2.25. The minimum Gasteiger partial charge on any atom is -0.469 e. The van der Waals surface area contributed by atoms with Crippen LogP contribution in [0.5, 0.6) is 0 Å². The average molecular weight is 496 g/mol. The predicted octanol–water partition coefficient (Wildman–Crippen LogP) is 4.05. The number of piperidine rings is 1. The van der Waals surface area contributed by atoms with Crippen molar-refractivity contribution in [3.8, 4) is 0 Å². The van der Waals surface area contributed by atoms with Gasteiger partial charge in [0.15, 0.2) is 5.96 Å². The van der Waals surface area contributed by atoms with Crippen LogP contribution in [0, 0.1) is 0 Å². The van der Waals surface area contributed by atoms with E-state index in [2.05, 4.69) is 59.7 Å². The Bertz CT molecular complexity index is 690. The number of hydrogen-bond donors (Lipinski definition) is 2. The van der Waals surface area contributed by atoms with Crippen LogP contribution in [-0.4, -0.2) is 42.6 Å². The van der Waals surface area contributed by atoms with E-state index in [-0.39, 0.29) is 24.0 Å². The first-order chi connectivity index (χ1) is 13.2. The number of nitrogens with one attached hydrogen (secondary N) is 2. The van der Waals surface area contributed by atoms with Crippen LogP contribution in [0.15, 0.2) is 58.1 Å². The summed E-state index contributed by atoms with van der Waals surface area (Å²) in [6.45, 7) is 8.18. The Morgan fingerprint density at radius 2 is 2.04 bits per heavy atom. The third-order valence-electron chi connectivity index (χ3n) is 5.14. The molecule has 3 rings (SSSR count). The van der Waals surface area contributed by atoms with E-state index < -0.39 is 0 Å². The summed E-state index contributed by atoms with van der Waals surface area (Å²) in [4.78, 5) is 7.29. The van der Waals surface area contributed by atoms with Gasteiger partial charge in [-0.15, -0.1) is 24.0 Å². The van der Waals surface area contributed by atoms with E-state index in [0.717, 1.165) is 57.2 Å². The molecular formula is C22H33IN4O. The lowest BCUT2D eigenvalue weighted by Crippen LogP contribution is -2.51. The Morgan fingerprint density at radius 3 is 2.71 bits per heavy atom. The highest BCUT2D eigenvalue weighted by atomic mass is 127. The molecular weight excluding hydrogens is 463 g/mol. The van der Waals surface area contributed by atoms with Crippen LogP contribution in [0.3, 0.4) is 0 Å².